The van der Waals surface area contributed by atoms with Crippen molar-refractivity contribution >= 4 is 11.9 Å². The van der Waals surface area contributed by atoms with Crippen LogP contribution in [0.15, 0.2) is 6.20 Å². The lowest BCUT2D eigenvalue weighted by Gasteiger charge is -2.32. The van der Waals surface area contributed by atoms with Crippen LogP contribution in [0.2, 0.25) is 0 Å². The molecule has 0 aliphatic carbocycles. The lowest BCUT2D eigenvalue weighted by molar-refractivity contribution is -0.125. The molecule has 2 atom stereocenters. The first-order chi connectivity index (χ1) is 11.6. The third-order valence-corrected chi connectivity index (χ3v) is 4.76. The second kappa shape index (κ2) is 7.45. The van der Waals surface area contributed by atoms with Crippen LogP contribution in [0, 0.1) is 12.8 Å². The highest BCUT2D eigenvalue weighted by Gasteiger charge is 2.29. The molecule has 0 spiro atoms. The fourth-order valence-electron chi connectivity index (χ4n) is 3.18. The zero-order chi connectivity index (χ0) is 18.8. The molecule has 1 aromatic heterocycles. The lowest BCUT2D eigenvalue weighted by Crippen LogP contribution is -2.49. The molecular weight excluding hydrogens is 318 g/mol. The van der Waals surface area contributed by atoms with Gasteiger partial charge in [0.15, 0.2) is 0 Å². The molecule has 3 amide bonds. The van der Waals surface area contributed by atoms with E-state index < -0.39 is 0 Å². The van der Waals surface area contributed by atoms with Crippen molar-refractivity contribution < 1.29 is 9.59 Å². The summed E-state index contributed by atoms with van der Waals surface area (Å²) in [5, 5.41) is 10.3. The average Bonchev–Trinajstić information content (AvgIpc) is 2.96. The van der Waals surface area contributed by atoms with Crippen molar-refractivity contribution in [3.8, 4) is 0 Å². The van der Waals surface area contributed by atoms with Crippen molar-refractivity contribution in [2.75, 3.05) is 20.1 Å². The highest BCUT2D eigenvalue weighted by Crippen LogP contribution is 2.22. The number of amides is 3. The monoisotopic (exact) mass is 349 g/mol. The molecule has 1 aliphatic heterocycles. The third kappa shape index (κ3) is 4.52. The summed E-state index contributed by atoms with van der Waals surface area (Å²) < 4.78 is 1.93. The Labute approximate surface area is 150 Å². The third-order valence-electron chi connectivity index (χ3n) is 4.76. The number of hydrogen-bond acceptors (Lipinski definition) is 3. The van der Waals surface area contributed by atoms with Gasteiger partial charge < -0.3 is 15.5 Å². The van der Waals surface area contributed by atoms with E-state index >= 15 is 0 Å². The van der Waals surface area contributed by atoms with Gasteiger partial charge in [0.2, 0.25) is 5.91 Å². The van der Waals surface area contributed by atoms with Crippen LogP contribution in [0.1, 0.15) is 57.8 Å². The Morgan fingerprint density at radius 2 is 2.04 bits per heavy atom. The Kier molecular flexibility index (Phi) is 5.75. The van der Waals surface area contributed by atoms with Crippen LogP contribution < -0.4 is 10.6 Å². The van der Waals surface area contributed by atoms with Gasteiger partial charge >= 0.3 is 6.03 Å². The first kappa shape index (κ1) is 19.3. The maximum absolute atomic E-state index is 12.6. The van der Waals surface area contributed by atoms with E-state index in [1.807, 2.05) is 24.7 Å². The summed E-state index contributed by atoms with van der Waals surface area (Å²) in [5.41, 5.74) is 1.84. The second-order valence-electron chi connectivity index (χ2n) is 7.86. The Morgan fingerprint density at radius 1 is 1.36 bits per heavy atom. The summed E-state index contributed by atoms with van der Waals surface area (Å²) in [7, 11) is 1.64. The number of rotatable bonds is 3. The number of carbonyl (C=O) groups is 2. The number of hydrogen-bond donors (Lipinski definition) is 2. The number of carbonyl (C=O) groups excluding carboxylic acids is 2. The molecule has 25 heavy (non-hydrogen) atoms. The molecule has 7 heteroatoms. The minimum Gasteiger partial charge on any atom is -0.359 e. The number of nitrogens with one attached hydrogen (secondary N) is 2. The molecule has 0 aromatic carbocycles. The fourth-order valence-corrected chi connectivity index (χ4v) is 3.18. The van der Waals surface area contributed by atoms with Crippen molar-refractivity contribution in [3.63, 3.8) is 0 Å². The maximum Gasteiger partial charge on any atom is 0.317 e. The summed E-state index contributed by atoms with van der Waals surface area (Å²) in [4.78, 5) is 26.2. The molecule has 7 nitrogen and oxygen atoms in total. The highest BCUT2D eigenvalue weighted by atomic mass is 16.2. The average molecular weight is 349 g/mol. The van der Waals surface area contributed by atoms with Gasteiger partial charge in [-0.15, -0.1) is 0 Å². The number of piperidine rings is 1. The van der Waals surface area contributed by atoms with E-state index in [0.717, 1.165) is 24.1 Å². The van der Waals surface area contributed by atoms with Gasteiger partial charge in [0.1, 0.15) is 0 Å². The topological polar surface area (TPSA) is 79.3 Å². The van der Waals surface area contributed by atoms with Crippen LogP contribution in [-0.2, 0) is 10.3 Å². The van der Waals surface area contributed by atoms with Crippen molar-refractivity contribution in [1.82, 2.24) is 25.3 Å². The fraction of sp³-hybridized carbons (Fsp3) is 0.722. The summed E-state index contributed by atoms with van der Waals surface area (Å²) in [6.45, 7) is 11.4. The van der Waals surface area contributed by atoms with Crippen LogP contribution in [-0.4, -0.2) is 46.8 Å². The molecule has 1 fully saturated rings. The Morgan fingerprint density at radius 3 is 2.60 bits per heavy atom. The molecule has 0 radical (unpaired) electrons. The first-order valence-electron chi connectivity index (χ1n) is 8.97. The Hall–Kier alpha value is -2.05. The molecule has 1 aromatic rings. The molecule has 1 saturated heterocycles. The van der Waals surface area contributed by atoms with Gasteiger partial charge in [-0.25, -0.2) is 4.79 Å². The van der Waals surface area contributed by atoms with Crippen molar-refractivity contribution in [3.05, 3.63) is 17.5 Å². The van der Waals surface area contributed by atoms with E-state index in [0.29, 0.717) is 13.1 Å². The van der Waals surface area contributed by atoms with Crippen LogP contribution in [0.3, 0.4) is 0 Å². The lowest BCUT2D eigenvalue weighted by atomic mass is 9.97. The molecule has 0 saturated carbocycles. The van der Waals surface area contributed by atoms with Gasteiger partial charge in [0, 0.05) is 31.9 Å². The molecule has 2 rings (SSSR count). The van der Waals surface area contributed by atoms with Crippen LogP contribution in [0.4, 0.5) is 4.79 Å². The number of nitrogens with zero attached hydrogens (tertiary/aromatic N) is 3. The van der Waals surface area contributed by atoms with Gasteiger partial charge in [0.25, 0.3) is 0 Å². The van der Waals surface area contributed by atoms with E-state index in [4.69, 9.17) is 0 Å². The minimum atomic E-state index is -0.135. The Bertz CT molecular complexity index is 632. The van der Waals surface area contributed by atoms with E-state index in [2.05, 4.69) is 36.5 Å². The van der Waals surface area contributed by atoms with Crippen molar-refractivity contribution in [2.45, 2.75) is 59.0 Å². The van der Waals surface area contributed by atoms with Crippen molar-refractivity contribution in [2.24, 2.45) is 5.92 Å². The quantitative estimate of drug-likeness (QED) is 0.878. The van der Waals surface area contributed by atoms with Crippen LogP contribution in [0.25, 0.3) is 0 Å². The standard InChI is InChI=1S/C18H31N5O2/c1-12(15-11-23(18(3,4)5)21-13(15)2)20-17(25)22-9-7-8-14(10-22)16(24)19-6/h11-12,14H,7-10H2,1-6H3,(H,19,24)(H,20,25)/t12-,14-/m1/s1. The molecule has 2 heterocycles. The highest BCUT2D eigenvalue weighted by molar-refractivity contribution is 5.80. The van der Waals surface area contributed by atoms with E-state index in [-0.39, 0.29) is 29.4 Å². The van der Waals surface area contributed by atoms with Gasteiger partial charge in [-0.2, -0.15) is 5.10 Å². The molecule has 0 bridgehead atoms. The molecule has 0 unspecified atom stereocenters. The molecule has 2 N–H and O–H groups in total. The molecule has 1 aliphatic rings. The minimum absolute atomic E-state index is 0.00727. The largest absolute Gasteiger partial charge is 0.359 e. The van der Waals surface area contributed by atoms with E-state index in [1.165, 1.54) is 0 Å². The normalized spacial score (nSPS) is 19.4. The second-order valence-corrected chi connectivity index (χ2v) is 7.86. The first-order valence-corrected chi connectivity index (χ1v) is 8.97. The number of urea groups is 1. The summed E-state index contributed by atoms with van der Waals surface area (Å²) in [6.07, 6.45) is 3.68. The zero-order valence-corrected chi connectivity index (χ0v) is 16.2. The SMILES string of the molecule is CNC(=O)[C@@H]1CCCN(C(=O)N[C@H](C)c2cn(C(C)(C)C)nc2C)C1. The number of aryl methyl sites for hydroxylation is 1. The zero-order valence-electron chi connectivity index (χ0n) is 16.2. The molecular formula is C18H31N5O2. The van der Waals surface area contributed by atoms with Crippen LogP contribution >= 0.6 is 0 Å². The predicted molar refractivity (Wildman–Crippen MR) is 97.3 cm³/mol. The Balaban J connectivity index is 2.03. The maximum atomic E-state index is 12.6. The summed E-state index contributed by atoms with van der Waals surface area (Å²) in [5.74, 6) is -0.113. The van der Waals surface area contributed by atoms with Crippen LogP contribution in [0.5, 0.6) is 0 Å². The predicted octanol–water partition coefficient (Wildman–Crippen LogP) is 2.18. The van der Waals surface area contributed by atoms with E-state index in [1.54, 1.807) is 11.9 Å². The van der Waals surface area contributed by atoms with Gasteiger partial charge in [-0.05, 0) is 47.5 Å². The van der Waals surface area contributed by atoms with Gasteiger partial charge in [-0.3, -0.25) is 9.48 Å². The van der Waals surface area contributed by atoms with Gasteiger partial charge in [-0.1, -0.05) is 0 Å². The smallest absolute Gasteiger partial charge is 0.317 e. The number of aromatic nitrogens is 2. The summed E-state index contributed by atoms with van der Waals surface area (Å²) >= 11 is 0. The molecule has 140 valence electrons. The van der Waals surface area contributed by atoms with E-state index in [9.17, 15) is 9.59 Å². The summed E-state index contributed by atoms with van der Waals surface area (Å²) in [6, 6.07) is -0.256. The van der Waals surface area contributed by atoms with Crippen molar-refractivity contribution in [1.29, 1.82) is 0 Å². The number of likely N-dealkylation sites (tertiary alicyclic amines) is 1. The van der Waals surface area contributed by atoms with Gasteiger partial charge in [0.05, 0.1) is 23.2 Å².